The lowest BCUT2D eigenvalue weighted by Crippen LogP contribution is -2.61. The maximum Gasteiger partial charge on any atom is 0.254 e. The van der Waals surface area contributed by atoms with Gasteiger partial charge >= 0.3 is 0 Å². The third-order valence-corrected chi connectivity index (χ3v) is 10.6. The molecule has 5 rings (SSSR count). The van der Waals surface area contributed by atoms with E-state index < -0.39 is 0 Å². The van der Waals surface area contributed by atoms with E-state index in [1.807, 2.05) is 0 Å². The van der Waals surface area contributed by atoms with Gasteiger partial charge in [-0.15, -0.1) is 0 Å². The van der Waals surface area contributed by atoms with E-state index >= 15 is 0 Å². The Morgan fingerprint density at radius 3 is 2.50 bits per heavy atom. The number of amides is 2. The normalized spacial score (nSPS) is 40.6. The van der Waals surface area contributed by atoms with Crippen molar-refractivity contribution in [2.75, 3.05) is 6.54 Å². The van der Waals surface area contributed by atoms with Crippen molar-refractivity contribution in [3.05, 3.63) is 33.8 Å². The van der Waals surface area contributed by atoms with Crippen molar-refractivity contribution in [3.8, 4) is 0 Å². The minimum atomic E-state index is -0.174. The number of hydrogen-bond donors (Lipinski definition) is 2. The monoisotopic (exact) mass is 476 g/mol. The number of carbonyl (C=O) groups excluding carboxylic acids is 2. The van der Waals surface area contributed by atoms with Crippen LogP contribution in [0.15, 0.2) is 18.2 Å². The summed E-state index contributed by atoms with van der Waals surface area (Å²) < 4.78 is 0. The molecule has 3 saturated carbocycles. The zero-order valence-electron chi connectivity index (χ0n) is 19.1. The van der Waals surface area contributed by atoms with Crippen molar-refractivity contribution in [2.45, 2.75) is 71.3 Å². The fourth-order valence-corrected chi connectivity index (χ4v) is 8.73. The van der Waals surface area contributed by atoms with Crippen LogP contribution >= 0.6 is 23.2 Å². The number of benzene rings is 1. The lowest BCUT2D eigenvalue weighted by atomic mass is 9.47. The van der Waals surface area contributed by atoms with E-state index in [0.29, 0.717) is 52.4 Å². The number of rotatable bonds is 3. The molecule has 2 N–H and O–H groups in total. The first kappa shape index (κ1) is 22.5. The predicted molar refractivity (Wildman–Crippen MR) is 128 cm³/mol. The van der Waals surface area contributed by atoms with Crippen LogP contribution < -0.4 is 10.6 Å². The van der Waals surface area contributed by atoms with E-state index in [-0.39, 0.29) is 22.6 Å². The molecule has 2 amide bonds. The number of nitrogens with one attached hydrogen (secondary N) is 2. The number of fused-ring (bicyclic) bond motifs is 5. The third kappa shape index (κ3) is 3.48. The Hall–Kier alpha value is -1.26. The van der Waals surface area contributed by atoms with Crippen LogP contribution in [0.2, 0.25) is 10.0 Å². The third-order valence-electron chi connectivity index (χ3n) is 9.99. The summed E-state index contributed by atoms with van der Waals surface area (Å²) in [5.74, 6) is 2.70. The van der Waals surface area contributed by atoms with Gasteiger partial charge in [-0.05, 0) is 91.6 Å². The molecule has 1 aromatic rings. The fraction of sp³-hybridized carbons (Fsp3) is 0.692. The summed E-state index contributed by atoms with van der Waals surface area (Å²) in [5, 5.41) is 7.27. The largest absolute Gasteiger partial charge is 0.353 e. The Morgan fingerprint density at radius 1 is 1.03 bits per heavy atom. The van der Waals surface area contributed by atoms with Gasteiger partial charge in [-0.1, -0.05) is 43.1 Å². The van der Waals surface area contributed by atoms with E-state index in [2.05, 4.69) is 24.5 Å². The van der Waals surface area contributed by atoms with Gasteiger partial charge in [0.2, 0.25) is 5.91 Å². The summed E-state index contributed by atoms with van der Waals surface area (Å²) in [5.41, 5.74) is 0.885. The average Bonchev–Trinajstić information content (AvgIpc) is 3.09. The fourth-order valence-electron chi connectivity index (χ4n) is 8.17. The molecule has 3 aliphatic carbocycles. The van der Waals surface area contributed by atoms with E-state index in [0.717, 1.165) is 25.2 Å². The predicted octanol–water partition coefficient (Wildman–Crippen LogP) is 5.86. The molecule has 2 unspecified atom stereocenters. The van der Waals surface area contributed by atoms with Gasteiger partial charge in [-0.2, -0.15) is 0 Å². The zero-order chi connectivity index (χ0) is 22.7. The molecule has 1 heterocycles. The minimum Gasteiger partial charge on any atom is -0.353 e. The Morgan fingerprint density at radius 2 is 1.75 bits per heavy atom. The summed E-state index contributed by atoms with van der Waals surface area (Å²) in [7, 11) is 0. The topological polar surface area (TPSA) is 58.2 Å². The smallest absolute Gasteiger partial charge is 0.254 e. The molecule has 1 aromatic carbocycles. The highest BCUT2D eigenvalue weighted by molar-refractivity contribution is 6.39. The van der Waals surface area contributed by atoms with Gasteiger partial charge in [0.25, 0.3) is 5.91 Å². The van der Waals surface area contributed by atoms with Gasteiger partial charge in [0.05, 0.1) is 15.6 Å². The molecule has 1 saturated heterocycles. The maximum atomic E-state index is 12.8. The molecule has 4 nitrogen and oxygen atoms in total. The standard InChI is InChI=1S/C26H34Cl2N2O2/c1-25-12-10-18-16(7-9-21-26(18,2)13-11-22(31)30-21)17(25)8-6-15(25)14-29-24(32)23-19(27)4-3-5-20(23)28/h3-5,15-18,21H,6-14H2,1-2H3,(H,29,32)(H,30,31)/t15?,16-,17-,18+,21?,25+,26+/m0/s1. The molecule has 4 fully saturated rings. The first-order valence-electron chi connectivity index (χ1n) is 12.3. The minimum absolute atomic E-state index is 0.174. The number of carbonyl (C=O) groups is 2. The molecule has 0 radical (unpaired) electrons. The highest BCUT2D eigenvalue weighted by Gasteiger charge is 2.60. The second-order valence-electron chi connectivity index (χ2n) is 11.2. The van der Waals surface area contributed by atoms with Gasteiger partial charge in [-0.3, -0.25) is 9.59 Å². The molecule has 7 atom stereocenters. The van der Waals surface area contributed by atoms with Crippen LogP contribution in [-0.2, 0) is 4.79 Å². The van der Waals surface area contributed by atoms with Gasteiger partial charge in [-0.25, -0.2) is 0 Å². The highest BCUT2D eigenvalue weighted by Crippen LogP contribution is 2.65. The van der Waals surface area contributed by atoms with E-state index in [1.54, 1.807) is 18.2 Å². The summed E-state index contributed by atoms with van der Waals surface area (Å²) in [6, 6.07) is 5.53. The van der Waals surface area contributed by atoms with Gasteiger partial charge < -0.3 is 10.6 Å². The van der Waals surface area contributed by atoms with Crippen LogP contribution in [0.3, 0.4) is 0 Å². The van der Waals surface area contributed by atoms with Crippen LogP contribution in [0.1, 0.15) is 75.6 Å². The van der Waals surface area contributed by atoms with Crippen molar-refractivity contribution < 1.29 is 9.59 Å². The Balaban J connectivity index is 1.29. The second kappa shape index (κ2) is 8.20. The van der Waals surface area contributed by atoms with Crippen molar-refractivity contribution in [2.24, 2.45) is 34.5 Å². The van der Waals surface area contributed by atoms with Crippen LogP contribution in [0, 0.1) is 34.5 Å². The molecular weight excluding hydrogens is 443 g/mol. The highest BCUT2D eigenvalue weighted by atomic mass is 35.5. The lowest BCUT2D eigenvalue weighted by Gasteiger charge is -2.60. The molecule has 0 spiro atoms. The zero-order valence-corrected chi connectivity index (χ0v) is 20.6. The number of hydrogen-bond acceptors (Lipinski definition) is 2. The first-order chi connectivity index (χ1) is 15.2. The quantitative estimate of drug-likeness (QED) is 0.573. The van der Waals surface area contributed by atoms with Crippen LogP contribution in [-0.4, -0.2) is 24.4 Å². The number of piperidine rings is 1. The van der Waals surface area contributed by atoms with Crippen LogP contribution in [0.5, 0.6) is 0 Å². The molecule has 6 heteroatoms. The molecule has 174 valence electrons. The molecule has 0 bridgehead atoms. The number of halogens is 2. The summed E-state index contributed by atoms with van der Waals surface area (Å²) in [6.07, 6.45) is 8.91. The molecule has 4 aliphatic rings. The van der Waals surface area contributed by atoms with Crippen molar-refractivity contribution in [3.63, 3.8) is 0 Å². The van der Waals surface area contributed by atoms with Crippen molar-refractivity contribution in [1.29, 1.82) is 0 Å². The maximum absolute atomic E-state index is 12.8. The summed E-state index contributed by atoms with van der Waals surface area (Å²) in [6.45, 7) is 5.59. The van der Waals surface area contributed by atoms with E-state index in [4.69, 9.17) is 23.2 Å². The van der Waals surface area contributed by atoms with Crippen molar-refractivity contribution >= 4 is 35.0 Å². The van der Waals surface area contributed by atoms with Gasteiger partial charge in [0.1, 0.15) is 0 Å². The Bertz CT molecular complexity index is 916. The Labute approximate surface area is 201 Å². The molecule has 32 heavy (non-hydrogen) atoms. The van der Waals surface area contributed by atoms with E-state index in [9.17, 15) is 9.59 Å². The average molecular weight is 477 g/mol. The second-order valence-corrected chi connectivity index (χ2v) is 12.0. The Kier molecular flexibility index (Phi) is 5.77. The SMILES string of the molecule is C[C@]12CCC(=O)NC1CC[C@@H]1[C@H]2CC[C@]2(C)C(CNC(=O)c3c(Cl)cccc3Cl)CC[C@@H]12. The van der Waals surface area contributed by atoms with Crippen molar-refractivity contribution in [1.82, 2.24) is 10.6 Å². The molecule has 0 aromatic heterocycles. The summed E-state index contributed by atoms with van der Waals surface area (Å²) >= 11 is 12.5. The molecule has 1 aliphatic heterocycles. The van der Waals surface area contributed by atoms with Crippen LogP contribution in [0.25, 0.3) is 0 Å². The lowest BCUT2D eigenvalue weighted by molar-refractivity contribution is -0.136. The van der Waals surface area contributed by atoms with Gasteiger partial charge in [0.15, 0.2) is 0 Å². The first-order valence-corrected chi connectivity index (χ1v) is 13.0. The van der Waals surface area contributed by atoms with Gasteiger partial charge in [0, 0.05) is 19.0 Å². The summed E-state index contributed by atoms with van der Waals surface area (Å²) in [4.78, 5) is 24.9. The molecular formula is C26H34Cl2N2O2. The van der Waals surface area contributed by atoms with E-state index in [1.165, 1.54) is 25.7 Å². The van der Waals surface area contributed by atoms with Crippen LogP contribution in [0.4, 0.5) is 0 Å².